The van der Waals surface area contributed by atoms with Crippen LogP contribution in [0.3, 0.4) is 0 Å². The minimum absolute atomic E-state index is 0.0881. The van der Waals surface area contributed by atoms with E-state index >= 15 is 0 Å². The van der Waals surface area contributed by atoms with E-state index in [1.165, 1.54) is 17.7 Å². The summed E-state index contributed by atoms with van der Waals surface area (Å²) in [4.78, 5) is 16.4. The van der Waals surface area contributed by atoms with Gasteiger partial charge in [0.1, 0.15) is 25.0 Å². The number of carbonyl (C=O) groups is 1. The Kier molecular flexibility index (Phi) is 8.96. The van der Waals surface area contributed by atoms with Gasteiger partial charge in [0.15, 0.2) is 0 Å². The van der Waals surface area contributed by atoms with E-state index in [1.807, 2.05) is 24.3 Å². The molecule has 3 aromatic rings. The lowest BCUT2D eigenvalue weighted by Gasteiger charge is -2.20. The zero-order valence-corrected chi connectivity index (χ0v) is 21.2. The van der Waals surface area contributed by atoms with Crippen LogP contribution in [0.2, 0.25) is 0 Å². The first-order chi connectivity index (χ1) is 16.7. The van der Waals surface area contributed by atoms with Crippen molar-refractivity contribution in [3.63, 3.8) is 0 Å². The highest BCUT2D eigenvalue weighted by Crippen LogP contribution is 2.27. The summed E-state index contributed by atoms with van der Waals surface area (Å²) in [5, 5.41) is 6.90. The van der Waals surface area contributed by atoms with Crippen molar-refractivity contribution < 1.29 is 22.7 Å². The van der Waals surface area contributed by atoms with Crippen LogP contribution in [0.25, 0.3) is 0 Å². The number of methoxy groups -OCH3 is 1. The highest BCUT2D eigenvalue weighted by molar-refractivity contribution is 7.89. The van der Waals surface area contributed by atoms with E-state index in [0.717, 1.165) is 11.1 Å². The van der Waals surface area contributed by atoms with Gasteiger partial charge in [0.2, 0.25) is 15.9 Å². The van der Waals surface area contributed by atoms with Crippen molar-refractivity contribution in [2.75, 3.05) is 33.9 Å². The van der Waals surface area contributed by atoms with Crippen molar-refractivity contribution in [3.8, 4) is 5.75 Å². The number of nitrogens with zero attached hydrogens (tertiary/aromatic N) is 4. The summed E-state index contributed by atoms with van der Waals surface area (Å²) in [6.45, 7) is 4.47. The summed E-state index contributed by atoms with van der Waals surface area (Å²) in [7, 11) is -0.672. The molecule has 0 bridgehead atoms. The molecule has 0 aliphatic carbocycles. The fourth-order valence-corrected chi connectivity index (χ4v) is 5.22. The number of nitrogens with one attached hydrogen (secondary N) is 1. The van der Waals surface area contributed by atoms with Gasteiger partial charge in [-0.05, 0) is 48.2 Å². The maximum absolute atomic E-state index is 13.0. The number of aromatic nitrogens is 3. The van der Waals surface area contributed by atoms with Crippen LogP contribution in [0.5, 0.6) is 5.75 Å². The number of sulfonamides is 1. The Labute approximate surface area is 205 Å². The van der Waals surface area contributed by atoms with Crippen LogP contribution in [-0.4, -0.2) is 67.3 Å². The topological polar surface area (TPSA) is 116 Å². The smallest absolute Gasteiger partial charge is 0.246 e. The fourth-order valence-electron chi connectivity index (χ4n) is 3.66. The molecule has 0 fully saturated rings. The van der Waals surface area contributed by atoms with E-state index in [2.05, 4.69) is 15.4 Å². The first kappa shape index (κ1) is 26.3. The van der Waals surface area contributed by atoms with E-state index in [0.29, 0.717) is 30.0 Å². The lowest BCUT2D eigenvalue weighted by atomic mass is 10.1. The average Bonchev–Trinajstić information content (AvgIpc) is 3.33. The van der Waals surface area contributed by atoms with Crippen LogP contribution in [0.1, 0.15) is 22.3 Å². The molecular formula is C24H31N5O5S. The van der Waals surface area contributed by atoms with Gasteiger partial charge < -0.3 is 14.8 Å². The standard InChI is InChI=1S/C24H31N5O5S/c1-18-10-22(33-4)11-19(2)24(18)35(31,32)28(3)8-9-34-15-23(30)26-13-20-6-5-7-21(12-20)14-29-17-25-16-27-29/h5-7,10-12,16-17H,8-9,13-15H2,1-4H3,(H,26,30). The van der Waals surface area contributed by atoms with Crippen LogP contribution in [0.4, 0.5) is 0 Å². The molecule has 0 unspecified atom stereocenters. The van der Waals surface area contributed by atoms with E-state index < -0.39 is 10.0 Å². The third kappa shape index (κ3) is 7.10. The van der Waals surface area contributed by atoms with Crippen molar-refractivity contribution in [2.24, 2.45) is 0 Å². The summed E-state index contributed by atoms with van der Waals surface area (Å²) < 4.78 is 39.6. The summed E-state index contributed by atoms with van der Waals surface area (Å²) in [5.74, 6) is 0.330. The number of carbonyl (C=O) groups excluding carboxylic acids is 1. The molecule has 0 radical (unpaired) electrons. The third-order valence-electron chi connectivity index (χ3n) is 5.41. The van der Waals surface area contributed by atoms with E-state index in [1.54, 1.807) is 44.1 Å². The van der Waals surface area contributed by atoms with E-state index in [-0.39, 0.29) is 30.6 Å². The Morgan fingerprint density at radius 3 is 2.51 bits per heavy atom. The molecule has 0 saturated carbocycles. The maximum atomic E-state index is 13.0. The second-order valence-electron chi connectivity index (χ2n) is 8.16. The van der Waals surface area contributed by atoms with Crippen molar-refractivity contribution in [1.29, 1.82) is 0 Å². The molecule has 0 atom stereocenters. The highest BCUT2D eigenvalue weighted by atomic mass is 32.2. The Morgan fingerprint density at radius 1 is 1.14 bits per heavy atom. The molecular weight excluding hydrogens is 470 g/mol. The Hall–Kier alpha value is -3.28. The number of hydrogen-bond acceptors (Lipinski definition) is 7. The summed E-state index contributed by atoms with van der Waals surface area (Å²) >= 11 is 0. The van der Waals surface area contributed by atoms with E-state index in [4.69, 9.17) is 9.47 Å². The van der Waals surface area contributed by atoms with Crippen LogP contribution in [0, 0.1) is 13.8 Å². The largest absolute Gasteiger partial charge is 0.497 e. The average molecular weight is 502 g/mol. The fraction of sp³-hybridized carbons (Fsp3) is 0.375. The molecule has 1 N–H and O–H groups in total. The number of aryl methyl sites for hydroxylation is 2. The molecule has 3 rings (SSSR count). The number of benzene rings is 2. The number of likely N-dealkylation sites (N-methyl/N-ethyl adjacent to an activating group) is 1. The first-order valence-electron chi connectivity index (χ1n) is 11.1. The van der Waals surface area contributed by atoms with Gasteiger partial charge in [-0.1, -0.05) is 24.3 Å². The molecule has 0 aliphatic rings. The molecule has 1 amide bonds. The van der Waals surface area contributed by atoms with Gasteiger partial charge in [-0.2, -0.15) is 9.40 Å². The van der Waals surface area contributed by atoms with Gasteiger partial charge in [-0.15, -0.1) is 0 Å². The number of ether oxygens (including phenoxy) is 2. The predicted octanol–water partition coefficient (Wildman–Crippen LogP) is 1.91. The maximum Gasteiger partial charge on any atom is 0.246 e. The molecule has 188 valence electrons. The van der Waals surface area contributed by atoms with Crippen molar-refractivity contribution in [1.82, 2.24) is 24.4 Å². The minimum atomic E-state index is -3.71. The number of amides is 1. The normalized spacial score (nSPS) is 11.6. The zero-order valence-electron chi connectivity index (χ0n) is 20.4. The van der Waals surface area contributed by atoms with Crippen molar-refractivity contribution >= 4 is 15.9 Å². The zero-order chi connectivity index (χ0) is 25.4. The van der Waals surface area contributed by atoms with Gasteiger partial charge >= 0.3 is 0 Å². The predicted molar refractivity (Wildman–Crippen MR) is 131 cm³/mol. The molecule has 0 saturated heterocycles. The van der Waals surface area contributed by atoms with Crippen LogP contribution >= 0.6 is 0 Å². The van der Waals surface area contributed by atoms with E-state index in [9.17, 15) is 13.2 Å². The van der Waals surface area contributed by atoms with Gasteiger partial charge in [0.05, 0.1) is 25.2 Å². The molecule has 1 heterocycles. The van der Waals surface area contributed by atoms with Crippen LogP contribution in [-0.2, 0) is 32.6 Å². The van der Waals surface area contributed by atoms with Crippen LogP contribution in [0.15, 0.2) is 53.9 Å². The molecule has 0 aliphatic heterocycles. The summed E-state index contributed by atoms with van der Waals surface area (Å²) in [6.07, 6.45) is 3.13. The van der Waals surface area contributed by atoms with Gasteiger partial charge in [0, 0.05) is 20.1 Å². The van der Waals surface area contributed by atoms with Gasteiger partial charge in [0.25, 0.3) is 0 Å². The van der Waals surface area contributed by atoms with Gasteiger partial charge in [-0.3, -0.25) is 4.79 Å². The second-order valence-corrected chi connectivity index (χ2v) is 10.1. The highest BCUT2D eigenvalue weighted by Gasteiger charge is 2.25. The molecule has 35 heavy (non-hydrogen) atoms. The lowest BCUT2D eigenvalue weighted by Crippen LogP contribution is -2.33. The minimum Gasteiger partial charge on any atom is -0.497 e. The summed E-state index contributed by atoms with van der Waals surface area (Å²) in [5.41, 5.74) is 3.22. The lowest BCUT2D eigenvalue weighted by molar-refractivity contribution is -0.125. The Bertz CT molecular complexity index is 1220. The molecule has 0 spiro atoms. The van der Waals surface area contributed by atoms with Crippen molar-refractivity contribution in [2.45, 2.75) is 31.8 Å². The SMILES string of the molecule is COc1cc(C)c(S(=O)(=O)N(C)CCOCC(=O)NCc2cccc(Cn3cncn3)c2)c(C)c1. The Morgan fingerprint density at radius 2 is 1.86 bits per heavy atom. The molecule has 2 aromatic carbocycles. The second kappa shape index (κ2) is 11.9. The van der Waals surface area contributed by atoms with Crippen molar-refractivity contribution in [3.05, 3.63) is 71.3 Å². The quantitative estimate of drug-likeness (QED) is 0.377. The number of rotatable bonds is 12. The monoisotopic (exact) mass is 501 g/mol. The summed E-state index contributed by atoms with van der Waals surface area (Å²) in [6, 6.07) is 11.2. The molecule has 1 aromatic heterocycles. The Balaban J connectivity index is 1.44. The molecule has 11 heteroatoms. The number of hydrogen-bond donors (Lipinski definition) is 1. The first-order valence-corrected chi connectivity index (χ1v) is 12.5. The van der Waals surface area contributed by atoms with Crippen LogP contribution < -0.4 is 10.1 Å². The third-order valence-corrected chi connectivity index (χ3v) is 7.58. The molecule has 10 nitrogen and oxygen atoms in total. The van der Waals surface area contributed by atoms with Gasteiger partial charge in [-0.25, -0.2) is 18.1 Å².